The largest absolute Gasteiger partial charge is 0.504 e. The lowest BCUT2D eigenvalue weighted by molar-refractivity contribution is 0.151. The van der Waals surface area contributed by atoms with Crippen molar-refractivity contribution < 1.29 is 9.84 Å². The highest BCUT2D eigenvalue weighted by molar-refractivity contribution is 5.80. The molecule has 2 N–H and O–H groups in total. The molecule has 126 valence electrons. The van der Waals surface area contributed by atoms with Gasteiger partial charge in [-0.15, -0.1) is 0 Å². The molecule has 0 radical (unpaired) electrons. The normalized spacial score (nSPS) is 19.7. The van der Waals surface area contributed by atoms with Crippen LogP contribution in [-0.4, -0.2) is 42.7 Å². The van der Waals surface area contributed by atoms with E-state index < -0.39 is 0 Å². The average molecular weight is 317 g/mol. The van der Waals surface area contributed by atoms with Gasteiger partial charge in [-0.3, -0.25) is 0 Å². The Balaban J connectivity index is 1.68. The summed E-state index contributed by atoms with van der Waals surface area (Å²) >= 11 is 0. The first-order chi connectivity index (χ1) is 11.2. The van der Waals surface area contributed by atoms with Crippen molar-refractivity contribution in [2.75, 3.05) is 26.7 Å². The number of hydrogen-bond acceptors (Lipinski definition) is 3. The molecule has 1 aromatic rings. The van der Waals surface area contributed by atoms with Gasteiger partial charge in [-0.25, -0.2) is 4.99 Å². The molecular weight excluding hydrogens is 290 g/mol. The first kappa shape index (κ1) is 16.0. The first-order valence-electron chi connectivity index (χ1n) is 8.55. The second kappa shape index (κ2) is 6.69. The molecule has 1 aromatic carbocycles. The van der Waals surface area contributed by atoms with E-state index in [1.54, 1.807) is 19.2 Å². The third-order valence-corrected chi connectivity index (χ3v) is 5.14. The molecule has 0 amide bonds. The Hall–Kier alpha value is -1.91. The van der Waals surface area contributed by atoms with E-state index in [0.717, 1.165) is 31.2 Å². The molecule has 23 heavy (non-hydrogen) atoms. The monoisotopic (exact) mass is 317 g/mol. The molecule has 2 fully saturated rings. The Kier molecular flexibility index (Phi) is 4.64. The second-order valence-corrected chi connectivity index (χ2v) is 6.70. The van der Waals surface area contributed by atoms with E-state index in [2.05, 4.69) is 17.1 Å². The summed E-state index contributed by atoms with van der Waals surface area (Å²) in [5, 5.41) is 13.3. The molecule has 1 heterocycles. The molecule has 1 aliphatic heterocycles. The Bertz CT molecular complexity index is 582. The highest BCUT2D eigenvalue weighted by Crippen LogP contribution is 2.47. The number of ether oxygens (including phenoxy) is 1. The highest BCUT2D eigenvalue weighted by atomic mass is 16.5. The second-order valence-electron chi connectivity index (χ2n) is 6.70. The Morgan fingerprint density at radius 1 is 1.39 bits per heavy atom. The number of benzene rings is 1. The van der Waals surface area contributed by atoms with Crippen molar-refractivity contribution >= 4 is 5.96 Å². The summed E-state index contributed by atoms with van der Waals surface area (Å²) in [5.74, 6) is 1.66. The summed E-state index contributed by atoms with van der Waals surface area (Å²) in [6, 6.07) is 5.46. The van der Waals surface area contributed by atoms with E-state index in [-0.39, 0.29) is 5.75 Å². The molecule has 2 aliphatic rings. The number of nitrogens with zero attached hydrogens (tertiary/aromatic N) is 2. The van der Waals surface area contributed by atoms with Gasteiger partial charge in [-0.05, 0) is 49.3 Å². The SMILES string of the molecule is CCNC(=NCc1ccc(OC)c(O)c1)N1CCC2(CCC2)C1. The predicted molar refractivity (Wildman–Crippen MR) is 91.9 cm³/mol. The minimum atomic E-state index is 0.166. The smallest absolute Gasteiger partial charge is 0.194 e. The zero-order valence-electron chi connectivity index (χ0n) is 14.1. The van der Waals surface area contributed by atoms with Gasteiger partial charge >= 0.3 is 0 Å². The van der Waals surface area contributed by atoms with Gasteiger partial charge in [0.2, 0.25) is 0 Å². The predicted octanol–water partition coefficient (Wildman–Crippen LogP) is 2.74. The van der Waals surface area contributed by atoms with E-state index in [4.69, 9.17) is 9.73 Å². The highest BCUT2D eigenvalue weighted by Gasteiger charge is 2.43. The molecule has 1 spiro atoms. The summed E-state index contributed by atoms with van der Waals surface area (Å²) in [5.41, 5.74) is 1.55. The lowest BCUT2D eigenvalue weighted by Crippen LogP contribution is -2.42. The molecule has 3 rings (SSSR count). The zero-order valence-corrected chi connectivity index (χ0v) is 14.1. The van der Waals surface area contributed by atoms with E-state index in [1.807, 2.05) is 6.07 Å². The number of aliphatic imine (C=N–C) groups is 1. The standard InChI is InChI=1S/C18H27N3O2/c1-3-19-17(21-10-9-18(13-21)7-4-8-18)20-12-14-5-6-16(23-2)15(22)11-14/h5-6,11,22H,3-4,7-10,12-13H2,1-2H3,(H,19,20). The molecule has 0 aromatic heterocycles. The first-order valence-corrected chi connectivity index (χ1v) is 8.55. The number of phenols is 1. The van der Waals surface area contributed by atoms with Crippen LogP contribution >= 0.6 is 0 Å². The molecule has 1 saturated heterocycles. The van der Waals surface area contributed by atoms with Crippen LogP contribution in [0.3, 0.4) is 0 Å². The zero-order chi connectivity index (χ0) is 16.3. The van der Waals surface area contributed by atoms with Crippen molar-refractivity contribution in [1.82, 2.24) is 10.2 Å². The number of likely N-dealkylation sites (tertiary alicyclic amines) is 1. The Labute approximate surface area is 138 Å². The van der Waals surface area contributed by atoms with Crippen LogP contribution in [-0.2, 0) is 6.54 Å². The van der Waals surface area contributed by atoms with Crippen LogP contribution in [0.25, 0.3) is 0 Å². The minimum absolute atomic E-state index is 0.166. The van der Waals surface area contributed by atoms with Crippen molar-refractivity contribution in [1.29, 1.82) is 0 Å². The van der Waals surface area contributed by atoms with Crippen LogP contribution in [0.15, 0.2) is 23.2 Å². The third kappa shape index (κ3) is 3.38. The molecule has 1 aliphatic carbocycles. The van der Waals surface area contributed by atoms with Gasteiger partial charge in [-0.1, -0.05) is 12.5 Å². The summed E-state index contributed by atoms with van der Waals surface area (Å²) in [4.78, 5) is 7.16. The van der Waals surface area contributed by atoms with Crippen molar-refractivity contribution in [3.63, 3.8) is 0 Å². The lowest BCUT2D eigenvalue weighted by Gasteiger charge is -2.38. The fraction of sp³-hybridized carbons (Fsp3) is 0.611. The van der Waals surface area contributed by atoms with E-state index in [1.165, 1.54) is 25.7 Å². The minimum Gasteiger partial charge on any atom is -0.504 e. The van der Waals surface area contributed by atoms with Gasteiger partial charge in [0.15, 0.2) is 17.5 Å². The number of guanidine groups is 1. The van der Waals surface area contributed by atoms with Crippen LogP contribution < -0.4 is 10.1 Å². The maximum absolute atomic E-state index is 9.88. The molecule has 1 saturated carbocycles. The van der Waals surface area contributed by atoms with Gasteiger partial charge < -0.3 is 20.1 Å². The van der Waals surface area contributed by atoms with Crippen LogP contribution in [0.2, 0.25) is 0 Å². The van der Waals surface area contributed by atoms with Crippen LogP contribution in [0.1, 0.15) is 38.2 Å². The fourth-order valence-corrected chi connectivity index (χ4v) is 3.63. The van der Waals surface area contributed by atoms with Gasteiger partial charge in [0.05, 0.1) is 13.7 Å². The maximum atomic E-state index is 9.88. The number of methoxy groups -OCH3 is 1. The Morgan fingerprint density at radius 2 is 2.22 bits per heavy atom. The quantitative estimate of drug-likeness (QED) is 0.662. The molecule has 5 nitrogen and oxygen atoms in total. The van der Waals surface area contributed by atoms with Crippen molar-refractivity contribution in [2.24, 2.45) is 10.4 Å². The van der Waals surface area contributed by atoms with E-state index in [0.29, 0.717) is 17.7 Å². The summed E-state index contributed by atoms with van der Waals surface area (Å²) in [7, 11) is 1.56. The van der Waals surface area contributed by atoms with Gasteiger partial charge in [0.1, 0.15) is 0 Å². The lowest BCUT2D eigenvalue weighted by atomic mass is 9.68. The summed E-state index contributed by atoms with van der Waals surface area (Å²) < 4.78 is 5.08. The number of phenolic OH excluding ortho intramolecular Hbond substituents is 1. The number of aromatic hydroxyl groups is 1. The van der Waals surface area contributed by atoms with Gasteiger partial charge in [0, 0.05) is 19.6 Å². The number of rotatable bonds is 4. The van der Waals surface area contributed by atoms with Crippen LogP contribution in [0.5, 0.6) is 11.5 Å². The van der Waals surface area contributed by atoms with Gasteiger partial charge in [-0.2, -0.15) is 0 Å². The molecule has 0 bridgehead atoms. The number of nitrogens with one attached hydrogen (secondary N) is 1. The average Bonchev–Trinajstić information content (AvgIpc) is 2.97. The van der Waals surface area contributed by atoms with Gasteiger partial charge in [0.25, 0.3) is 0 Å². The molecular formula is C18H27N3O2. The van der Waals surface area contributed by atoms with Crippen molar-refractivity contribution in [2.45, 2.75) is 39.2 Å². The van der Waals surface area contributed by atoms with E-state index in [9.17, 15) is 5.11 Å². The van der Waals surface area contributed by atoms with Crippen LogP contribution in [0, 0.1) is 5.41 Å². The van der Waals surface area contributed by atoms with Crippen molar-refractivity contribution in [3.8, 4) is 11.5 Å². The molecule has 5 heteroatoms. The van der Waals surface area contributed by atoms with Crippen LogP contribution in [0.4, 0.5) is 0 Å². The maximum Gasteiger partial charge on any atom is 0.194 e. The Morgan fingerprint density at radius 3 is 2.78 bits per heavy atom. The van der Waals surface area contributed by atoms with E-state index >= 15 is 0 Å². The summed E-state index contributed by atoms with van der Waals surface area (Å²) in [6.45, 7) is 5.76. The topological polar surface area (TPSA) is 57.1 Å². The molecule has 0 unspecified atom stereocenters. The molecule has 0 atom stereocenters. The third-order valence-electron chi connectivity index (χ3n) is 5.14. The number of hydrogen-bond donors (Lipinski definition) is 2. The fourth-order valence-electron chi connectivity index (χ4n) is 3.63. The van der Waals surface area contributed by atoms with Crippen molar-refractivity contribution in [3.05, 3.63) is 23.8 Å². The summed E-state index contributed by atoms with van der Waals surface area (Å²) in [6.07, 6.45) is 5.41.